The molecule has 0 heterocycles. The SMILES string of the molecule is Cl.[NH]CC[C@H](CC(O)c1ccc(O)cc1)c1ccc(O)cc1. The molecule has 1 unspecified atom stereocenters. The normalized spacial score (nSPS) is 13.2. The van der Waals surface area contributed by atoms with Crippen molar-refractivity contribution in [2.24, 2.45) is 0 Å². The molecule has 2 atom stereocenters. The van der Waals surface area contributed by atoms with Gasteiger partial charge in [-0.1, -0.05) is 24.3 Å². The molecule has 22 heavy (non-hydrogen) atoms. The molecule has 0 saturated carbocycles. The van der Waals surface area contributed by atoms with Crippen LogP contribution in [0, 0.1) is 0 Å². The van der Waals surface area contributed by atoms with Crippen molar-refractivity contribution in [2.75, 3.05) is 6.54 Å². The van der Waals surface area contributed by atoms with Gasteiger partial charge >= 0.3 is 0 Å². The van der Waals surface area contributed by atoms with Crippen molar-refractivity contribution in [3.8, 4) is 11.5 Å². The lowest BCUT2D eigenvalue weighted by molar-refractivity contribution is 0.156. The average Bonchev–Trinajstić information content (AvgIpc) is 2.48. The van der Waals surface area contributed by atoms with Crippen molar-refractivity contribution in [2.45, 2.75) is 24.9 Å². The molecule has 0 aliphatic carbocycles. The van der Waals surface area contributed by atoms with Gasteiger partial charge < -0.3 is 15.3 Å². The first-order chi connectivity index (χ1) is 10.1. The smallest absolute Gasteiger partial charge is 0.115 e. The lowest BCUT2D eigenvalue weighted by Crippen LogP contribution is -2.08. The highest BCUT2D eigenvalue weighted by Crippen LogP contribution is 2.31. The second-order valence-corrected chi connectivity index (χ2v) is 5.17. The van der Waals surface area contributed by atoms with Crippen LogP contribution < -0.4 is 5.73 Å². The summed E-state index contributed by atoms with van der Waals surface area (Å²) in [7, 11) is 0. The predicted octanol–water partition coefficient (Wildman–Crippen LogP) is 3.40. The Labute approximate surface area is 136 Å². The van der Waals surface area contributed by atoms with Gasteiger partial charge in [0.1, 0.15) is 11.5 Å². The maximum absolute atomic E-state index is 10.3. The van der Waals surface area contributed by atoms with Gasteiger partial charge in [0, 0.05) is 6.54 Å². The molecule has 5 heteroatoms. The number of phenols is 2. The van der Waals surface area contributed by atoms with Crippen LogP contribution in [0.4, 0.5) is 0 Å². The van der Waals surface area contributed by atoms with Crippen LogP contribution in [0.3, 0.4) is 0 Å². The van der Waals surface area contributed by atoms with Gasteiger partial charge in [0.2, 0.25) is 0 Å². The second-order valence-electron chi connectivity index (χ2n) is 5.17. The van der Waals surface area contributed by atoms with Crippen LogP contribution in [0.1, 0.15) is 36.0 Å². The standard InChI is InChI=1S/C17H20NO3.ClH/c18-10-9-14(12-1-5-15(19)6-2-12)11-17(21)13-3-7-16(20)8-4-13;/h1-8,14,17-21H,9-11H2;1H/t14-,17?;/m1./s1. The predicted molar refractivity (Wildman–Crippen MR) is 88.4 cm³/mol. The number of nitrogens with one attached hydrogen (secondary N) is 1. The van der Waals surface area contributed by atoms with E-state index in [9.17, 15) is 15.3 Å². The highest BCUT2D eigenvalue weighted by molar-refractivity contribution is 5.85. The van der Waals surface area contributed by atoms with Gasteiger partial charge in [-0.3, -0.25) is 5.73 Å². The van der Waals surface area contributed by atoms with Crippen LogP contribution in [-0.2, 0) is 0 Å². The third-order valence-electron chi connectivity index (χ3n) is 3.64. The second kappa shape index (κ2) is 8.63. The van der Waals surface area contributed by atoms with E-state index in [-0.39, 0.29) is 36.4 Å². The zero-order valence-electron chi connectivity index (χ0n) is 12.1. The fourth-order valence-electron chi connectivity index (χ4n) is 2.44. The van der Waals surface area contributed by atoms with E-state index in [2.05, 4.69) is 0 Å². The summed E-state index contributed by atoms with van der Waals surface area (Å²) in [4.78, 5) is 0. The first kappa shape index (κ1) is 18.3. The molecule has 2 aromatic rings. The minimum atomic E-state index is -0.643. The monoisotopic (exact) mass is 322 g/mol. The summed E-state index contributed by atoms with van der Waals surface area (Å²) in [6.07, 6.45) is 0.518. The third kappa shape index (κ3) is 4.91. The first-order valence-corrected chi connectivity index (χ1v) is 7.00. The molecule has 0 saturated heterocycles. The van der Waals surface area contributed by atoms with Gasteiger partial charge in [-0.2, -0.15) is 0 Å². The molecule has 4 N–H and O–H groups in total. The van der Waals surface area contributed by atoms with E-state index in [0.29, 0.717) is 12.8 Å². The van der Waals surface area contributed by atoms with Gasteiger partial charge in [0.15, 0.2) is 0 Å². The fourth-order valence-corrected chi connectivity index (χ4v) is 2.44. The molecule has 0 aromatic heterocycles. The van der Waals surface area contributed by atoms with E-state index in [1.165, 1.54) is 0 Å². The Hall–Kier alpha value is -1.75. The van der Waals surface area contributed by atoms with Crippen LogP contribution in [0.2, 0.25) is 0 Å². The van der Waals surface area contributed by atoms with E-state index in [1.54, 1.807) is 36.4 Å². The molecule has 0 bridgehead atoms. The Bertz CT molecular complexity index is 557. The largest absolute Gasteiger partial charge is 0.508 e. The van der Waals surface area contributed by atoms with Gasteiger partial charge in [-0.15, -0.1) is 12.4 Å². The van der Waals surface area contributed by atoms with Crippen LogP contribution in [-0.4, -0.2) is 21.9 Å². The summed E-state index contributed by atoms with van der Waals surface area (Å²) in [5.41, 5.74) is 9.20. The molecule has 0 spiro atoms. The summed E-state index contributed by atoms with van der Waals surface area (Å²) in [6.45, 7) is 0.286. The Kier molecular flexibility index (Phi) is 7.18. The van der Waals surface area contributed by atoms with Crippen molar-refractivity contribution in [1.82, 2.24) is 5.73 Å². The zero-order valence-corrected chi connectivity index (χ0v) is 13.0. The number of aliphatic hydroxyl groups is 1. The van der Waals surface area contributed by atoms with Gasteiger partial charge in [0.25, 0.3) is 0 Å². The Morgan fingerprint density at radius 2 is 1.27 bits per heavy atom. The fraction of sp³-hybridized carbons (Fsp3) is 0.294. The summed E-state index contributed by atoms with van der Waals surface area (Å²) < 4.78 is 0. The summed E-state index contributed by atoms with van der Waals surface area (Å²) in [5, 5.41) is 29.0. The molecule has 0 amide bonds. The third-order valence-corrected chi connectivity index (χ3v) is 3.64. The van der Waals surface area contributed by atoms with E-state index < -0.39 is 6.10 Å². The highest BCUT2D eigenvalue weighted by Gasteiger charge is 2.17. The van der Waals surface area contributed by atoms with Gasteiger partial charge in [-0.05, 0) is 54.2 Å². The topological polar surface area (TPSA) is 84.5 Å². The lowest BCUT2D eigenvalue weighted by Gasteiger charge is -2.20. The minimum Gasteiger partial charge on any atom is -0.508 e. The maximum atomic E-state index is 10.3. The molecule has 0 aliphatic rings. The Balaban J connectivity index is 0.00000242. The van der Waals surface area contributed by atoms with Crippen LogP contribution in [0.15, 0.2) is 48.5 Å². The highest BCUT2D eigenvalue weighted by atomic mass is 35.5. The molecule has 1 radical (unpaired) electrons. The van der Waals surface area contributed by atoms with Crippen LogP contribution in [0.5, 0.6) is 11.5 Å². The van der Waals surface area contributed by atoms with Crippen molar-refractivity contribution < 1.29 is 15.3 Å². The molecule has 2 rings (SSSR count). The molecule has 0 aliphatic heterocycles. The number of hydrogen-bond acceptors (Lipinski definition) is 3. The summed E-state index contributed by atoms with van der Waals surface area (Å²) in [5.74, 6) is 0.446. The maximum Gasteiger partial charge on any atom is 0.115 e. The molecule has 119 valence electrons. The number of rotatable bonds is 6. The molecule has 4 nitrogen and oxygen atoms in total. The van der Waals surface area contributed by atoms with Crippen LogP contribution in [0.25, 0.3) is 0 Å². The number of phenolic OH excluding ortho intramolecular Hbond substituents is 2. The molecule has 0 fully saturated rings. The molecular formula is C17H21ClNO3. The summed E-state index contributed by atoms with van der Waals surface area (Å²) in [6, 6.07) is 13.4. The van der Waals surface area contributed by atoms with Crippen LogP contribution >= 0.6 is 12.4 Å². The lowest BCUT2D eigenvalue weighted by atomic mass is 9.88. The quantitative estimate of drug-likeness (QED) is 0.762. The number of aliphatic hydroxyl groups excluding tert-OH is 1. The van der Waals surface area contributed by atoms with Crippen molar-refractivity contribution in [3.05, 3.63) is 59.7 Å². The number of halogens is 1. The van der Waals surface area contributed by atoms with E-state index in [0.717, 1.165) is 11.1 Å². The van der Waals surface area contributed by atoms with E-state index >= 15 is 0 Å². The van der Waals surface area contributed by atoms with Gasteiger partial charge in [-0.25, -0.2) is 0 Å². The van der Waals surface area contributed by atoms with Crippen molar-refractivity contribution in [3.63, 3.8) is 0 Å². The first-order valence-electron chi connectivity index (χ1n) is 7.00. The minimum absolute atomic E-state index is 0. The van der Waals surface area contributed by atoms with E-state index in [4.69, 9.17) is 5.73 Å². The average molecular weight is 323 g/mol. The summed E-state index contributed by atoms with van der Waals surface area (Å²) >= 11 is 0. The number of hydrogen-bond donors (Lipinski definition) is 3. The molecule has 2 aromatic carbocycles. The Morgan fingerprint density at radius 3 is 1.73 bits per heavy atom. The zero-order chi connectivity index (χ0) is 15.2. The van der Waals surface area contributed by atoms with Gasteiger partial charge in [0.05, 0.1) is 6.10 Å². The Morgan fingerprint density at radius 1 is 0.818 bits per heavy atom. The van der Waals surface area contributed by atoms with Crippen molar-refractivity contribution >= 4 is 12.4 Å². The molecular weight excluding hydrogens is 302 g/mol. The van der Waals surface area contributed by atoms with Crippen molar-refractivity contribution in [1.29, 1.82) is 0 Å². The van der Waals surface area contributed by atoms with E-state index in [1.807, 2.05) is 12.1 Å². The number of aromatic hydroxyl groups is 2. The number of benzene rings is 2.